The number of carbonyl (C=O) groups is 1. The molecular formula is C17H26Cl2N2O. The maximum absolute atomic E-state index is 12.9. The number of hydrogen-bond donors (Lipinski definition) is 1. The third kappa shape index (κ3) is 3.95. The van der Waals surface area contributed by atoms with E-state index in [0.717, 1.165) is 31.5 Å². The smallest absolute Gasteiger partial charge is 0.232 e. The van der Waals surface area contributed by atoms with Gasteiger partial charge in [0, 0.05) is 24.2 Å². The second kappa shape index (κ2) is 7.67. The van der Waals surface area contributed by atoms with Gasteiger partial charge in [-0.05, 0) is 51.2 Å². The van der Waals surface area contributed by atoms with Gasteiger partial charge in [-0.1, -0.05) is 29.8 Å². The summed E-state index contributed by atoms with van der Waals surface area (Å²) < 4.78 is 0. The Morgan fingerprint density at radius 2 is 1.86 bits per heavy atom. The molecule has 1 aromatic carbocycles. The average Bonchev–Trinajstić information content (AvgIpc) is 2.46. The molecule has 1 fully saturated rings. The van der Waals surface area contributed by atoms with Crippen molar-refractivity contribution in [2.45, 2.75) is 45.1 Å². The van der Waals surface area contributed by atoms with E-state index in [1.54, 1.807) is 0 Å². The van der Waals surface area contributed by atoms with Gasteiger partial charge in [0.2, 0.25) is 5.91 Å². The monoisotopic (exact) mass is 344 g/mol. The summed E-state index contributed by atoms with van der Waals surface area (Å²) in [5, 5.41) is 0.654. The lowest BCUT2D eigenvalue weighted by Crippen LogP contribution is -2.48. The van der Waals surface area contributed by atoms with Gasteiger partial charge < -0.3 is 10.6 Å². The molecule has 2 rings (SSSR count). The van der Waals surface area contributed by atoms with Crippen molar-refractivity contribution >= 4 is 29.9 Å². The van der Waals surface area contributed by atoms with Crippen molar-refractivity contribution in [3.05, 3.63) is 34.9 Å². The summed E-state index contributed by atoms with van der Waals surface area (Å²) in [5.41, 5.74) is 6.26. The fraction of sp³-hybridized carbons (Fsp3) is 0.588. The maximum Gasteiger partial charge on any atom is 0.232 e. The van der Waals surface area contributed by atoms with E-state index in [0.29, 0.717) is 10.9 Å². The second-order valence-corrected chi connectivity index (χ2v) is 7.00. The van der Waals surface area contributed by atoms with Crippen molar-refractivity contribution in [3.8, 4) is 0 Å². The number of nitrogens with two attached hydrogens (primary N) is 1. The van der Waals surface area contributed by atoms with Gasteiger partial charge >= 0.3 is 0 Å². The third-order valence-electron chi connectivity index (χ3n) is 4.65. The summed E-state index contributed by atoms with van der Waals surface area (Å²) in [6.07, 6.45) is 1.98. The Morgan fingerprint density at radius 1 is 1.32 bits per heavy atom. The molecule has 0 bridgehead atoms. The van der Waals surface area contributed by atoms with Crippen LogP contribution in [0, 0.1) is 5.92 Å². The van der Waals surface area contributed by atoms with Crippen molar-refractivity contribution in [1.82, 2.24) is 4.90 Å². The minimum atomic E-state index is -0.598. The van der Waals surface area contributed by atoms with Crippen molar-refractivity contribution in [1.29, 1.82) is 0 Å². The number of hydrogen-bond acceptors (Lipinski definition) is 2. The number of amides is 1. The Bertz CT molecular complexity index is 509. The van der Waals surface area contributed by atoms with Crippen LogP contribution in [0.1, 0.15) is 39.2 Å². The highest BCUT2D eigenvalue weighted by Gasteiger charge is 2.36. The number of piperidine rings is 1. The van der Waals surface area contributed by atoms with Crippen molar-refractivity contribution in [2.24, 2.45) is 11.7 Å². The number of rotatable bonds is 3. The van der Waals surface area contributed by atoms with Crippen molar-refractivity contribution in [2.75, 3.05) is 13.1 Å². The largest absolute Gasteiger partial charge is 0.342 e. The molecule has 1 saturated heterocycles. The molecule has 0 saturated carbocycles. The number of likely N-dealkylation sites (tertiary alicyclic amines) is 1. The van der Waals surface area contributed by atoms with Gasteiger partial charge in [-0.2, -0.15) is 0 Å². The molecule has 22 heavy (non-hydrogen) atoms. The molecule has 0 spiro atoms. The Balaban J connectivity index is 0.00000242. The SMILES string of the molecule is CC(N)C1CCN(C(=O)C(C)(C)c2ccccc2Cl)CC1.Cl. The molecule has 1 aliphatic rings. The highest BCUT2D eigenvalue weighted by atomic mass is 35.5. The first-order valence-corrected chi connectivity index (χ1v) is 8.01. The molecule has 0 aromatic heterocycles. The Morgan fingerprint density at radius 3 is 2.36 bits per heavy atom. The van der Waals surface area contributed by atoms with Gasteiger partial charge in [-0.3, -0.25) is 4.79 Å². The van der Waals surface area contributed by atoms with E-state index < -0.39 is 5.41 Å². The first-order chi connectivity index (χ1) is 9.84. The first-order valence-electron chi connectivity index (χ1n) is 7.64. The van der Waals surface area contributed by atoms with E-state index in [1.807, 2.05) is 43.0 Å². The molecule has 0 aliphatic carbocycles. The second-order valence-electron chi connectivity index (χ2n) is 6.59. The number of benzene rings is 1. The van der Waals surface area contributed by atoms with E-state index in [1.165, 1.54) is 0 Å². The molecule has 2 N–H and O–H groups in total. The molecular weight excluding hydrogens is 319 g/mol. The zero-order valence-electron chi connectivity index (χ0n) is 13.5. The van der Waals surface area contributed by atoms with Crippen LogP contribution in [0.2, 0.25) is 5.02 Å². The van der Waals surface area contributed by atoms with Crippen LogP contribution < -0.4 is 5.73 Å². The lowest BCUT2D eigenvalue weighted by molar-refractivity contribution is -0.137. The summed E-state index contributed by atoms with van der Waals surface area (Å²) >= 11 is 6.27. The zero-order valence-corrected chi connectivity index (χ0v) is 15.1. The predicted octanol–water partition coefficient (Wildman–Crippen LogP) is 3.63. The van der Waals surface area contributed by atoms with Gasteiger partial charge in [0.05, 0.1) is 5.41 Å². The quantitative estimate of drug-likeness (QED) is 0.909. The molecule has 1 aliphatic heterocycles. The van der Waals surface area contributed by atoms with Gasteiger partial charge in [0.15, 0.2) is 0 Å². The summed E-state index contributed by atoms with van der Waals surface area (Å²) in [5.74, 6) is 0.677. The zero-order chi connectivity index (χ0) is 15.6. The lowest BCUT2D eigenvalue weighted by atomic mass is 9.82. The third-order valence-corrected chi connectivity index (χ3v) is 4.98. The molecule has 1 aromatic rings. The van der Waals surface area contributed by atoms with E-state index >= 15 is 0 Å². The fourth-order valence-electron chi connectivity index (χ4n) is 3.11. The Kier molecular flexibility index (Phi) is 6.72. The fourth-order valence-corrected chi connectivity index (χ4v) is 3.48. The minimum absolute atomic E-state index is 0. The van der Waals surface area contributed by atoms with E-state index in [4.69, 9.17) is 17.3 Å². The Labute approximate surface area is 144 Å². The molecule has 1 atom stereocenters. The highest BCUT2D eigenvalue weighted by Crippen LogP contribution is 2.33. The van der Waals surface area contributed by atoms with Gasteiger partial charge in [0.1, 0.15) is 0 Å². The first kappa shape index (κ1) is 19.3. The van der Waals surface area contributed by atoms with Crippen molar-refractivity contribution in [3.63, 3.8) is 0 Å². The molecule has 1 amide bonds. The molecule has 3 nitrogen and oxygen atoms in total. The number of carbonyl (C=O) groups excluding carboxylic acids is 1. The van der Waals surface area contributed by atoms with Crippen LogP contribution in [-0.2, 0) is 10.2 Å². The summed E-state index contributed by atoms with van der Waals surface area (Å²) in [7, 11) is 0. The predicted molar refractivity (Wildman–Crippen MR) is 94.7 cm³/mol. The molecule has 0 radical (unpaired) electrons. The van der Waals surface area contributed by atoms with Crippen molar-refractivity contribution < 1.29 is 4.79 Å². The molecule has 1 unspecified atom stereocenters. The van der Waals surface area contributed by atoms with Crippen LogP contribution in [0.15, 0.2) is 24.3 Å². The summed E-state index contributed by atoms with van der Waals surface area (Å²) in [6.45, 7) is 7.54. The highest BCUT2D eigenvalue weighted by molar-refractivity contribution is 6.31. The molecule has 5 heteroatoms. The van der Waals surface area contributed by atoms with Gasteiger partial charge in [0.25, 0.3) is 0 Å². The van der Waals surface area contributed by atoms with Crippen LogP contribution in [0.3, 0.4) is 0 Å². The van der Waals surface area contributed by atoms with Gasteiger partial charge in [-0.15, -0.1) is 12.4 Å². The maximum atomic E-state index is 12.9. The Hall–Kier alpha value is -0.770. The average molecular weight is 345 g/mol. The van der Waals surface area contributed by atoms with Crippen LogP contribution >= 0.6 is 24.0 Å². The number of halogens is 2. The van der Waals surface area contributed by atoms with E-state index in [2.05, 4.69) is 6.92 Å². The van der Waals surface area contributed by atoms with Crippen LogP contribution in [0.25, 0.3) is 0 Å². The molecule has 1 heterocycles. The van der Waals surface area contributed by atoms with Crippen LogP contribution in [0.5, 0.6) is 0 Å². The standard InChI is InChI=1S/C17H25ClN2O.ClH/c1-12(19)13-8-10-20(11-9-13)16(21)17(2,3)14-6-4-5-7-15(14)18;/h4-7,12-13H,8-11,19H2,1-3H3;1H. The minimum Gasteiger partial charge on any atom is -0.342 e. The van der Waals surface area contributed by atoms with E-state index in [-0.39, 0.29) is 24.4 Å². The lowest BCUT2D eigenvalue weighted by Gasteiger charge is -2.38. The topological polar surface area (TPSA) is 46.3 Å². The van der Waals surface area contributed by atoms with Crippen LogP contribution in [-0.4, -0.2) is 29.9 Å². The van der Waals surface area contributed by atoms with E-state index in [9.17, 15) is 4.79 Å². The van der Waals surface area contributed by atoms with Crippen LogP contribution in [0.4, 0.5) is 0 Å². The summed E-state index contributed by atoms with van der Waals surface area (Å²) in [4.78, 5) is 14.8. The number of nitrogens with zero attached hydrogens (tertiary/aromatic N) is 1. The normalized spacial score (nSPS) is 17.8. The summed E-state index contributed by atoms with van der Waals surface area (Å²) in [6, 6.07) is 7.81. The molecule has 124 valence electrons. The van der Waals surface area contributed by atoms with Gasteiger partial charge in [-0.25, -0.2) is 0 Å².